The van der Waals surface area contributed by atoms with E-state index in [1.54, 1.807) is 0 Å². The van der Waals surface area contributed by atoms with Crippen molar-refractivity contribution in [2.75, 3.05) is 13.6 Å². The van der Waals surface area contributed by atoms with Crippen LogP contribution in [0.3, 0.4) is 0 Å². The lowest BCUT2D eigenvalue weighted by atomic mass is 10.0. The summed E-state index contributed by atoms with van der Waals surface area (Å²) in [5.74, 6) is 3.38. The summed E-state index contributed by atoms with van der Waals surface area (Å²) >= 11 is 0. The van der Waals surface area contributed by atoms with E-state index in [1.165, 1.54) is 38.9 Å². The van der Waals surface area contributed by atoms with Crippen molar-refractivity contribution in [2.24, 2.45) is 0 Å². The second-order valence-corrected chi connectivity index (χ2v) is 7.30. The van der Waals surface area contributed by atoms with Crippen molar-refractivity contribution in [3.8, 4) is 12.0 Å². The largest absolute Gasteiger partial charge is 0.300 e. The minimum Gasteiger partial charge on any atom is -0.300 e. The number of fused-ring (bicyclic) bond motifs is 3. The van der Waals surface area contributed by atoms with Crippen molar-refractivity contribution in [1.82, 2.24) is 9.47 Å². The number of nitrogens with zero attached hydrogens (tertiary/aromatic N) is 2. The minimum absolute atomic E-state index is 0.963. The van der Waals surface area contributed by atoms with Crippen LogP contribution < -0.4 is 0 Å². The van der Waals surface area contributed by atoms with Crippen LogP contribution in [0.2, 0.25) is 0 Å². The summed E-state index contributed by atoms with van der Waals surface area (Å²) in [7, 11) is 2.19. The van der Waals surface area contributed by atoms with E-state index in [9.17, 15) is 0 Å². The molecule has 0 spiro atoms. The highest BCUT2D eigenvalue weighted by Gasteiger charge is 2.21. The molecule has 4 rings (SSSR count). The Labute approximate surface area is 150 Å². The standard InChI is InChI=1S/C23H24N2/c1-16-5-8-22-21(13-16)20-10-11-24(4)15-23(20)25(22)12-9-19-7-6-17(2)18(3)14-19/h5-8,13-14H,10-11,15H2,1-4H3. The van der Waals surface area contributed by atoms with Crippen LogP contribution in [-0.4, -0.2) is 23.1 Å². The Bertz CT molecular complexity index is 1030. The van der Waals surface area contributed by atoms with Gasteiger partial charge in [-0.25, -0.2) is 0 Å². The van der Waals surface area contributed by atoms with Crippen molar-refractivity contribution < 1.29 is 0 Å². The van der Waals surface area contributed by atoms with Gasteiger partial charge >= 0.3 is 0 Å². The summed E-state index contributed by atoms with van der Waals surface area (Å²) in [6, 6.07) is 16.6. The van der Waals surface area contributed by atoms with Gasteiger partial charge in [-0.05, 0) is 81.1 Å². The average molecular weight is 328 g/mol. The molecule has 0 bridgehead atoms. The molecule has 2 heterocycles. The molecule has 0 saturated heterocycles. The first-order valence-corrected chi connectivity index (χ1v) is 8.93. The van der Waals surface area contributed by atoms with E-state index < -0.39 is 0 Å². The predicted octanol–water partition coefficient (Wildman–Crippen LogP) is 4.41. The predicted molar refractivity (Wildman–Crippen MR) is 105 cm³/mol. The van der Waals surface area contributed by atoms with Gasteiger partial charge in [-0.2, -0.15) is 0 Å². The smallest absolute Gasteiger partial charge is 0.0618 e. The Morgan fingerprint density at radius 3 is 2.60 bits per heavy atom. The Hall–Kier alpha value is -2.50. The Kier molecular flexibility index (Phi) is 3.90. The number of rotatable bonds is 0. The van der Waals surface area contributed by atoms with Gasteiger partial charge in [0.25, 0.3) is 0 Å². The molecule has 25 heavy (non-hydrogen) atoms. The topological polar surface area (TPSA) is 8.17 Å². The van der Waals surface area contributed by atoms with E-state index in [0.29, 0.717) is 0 Å². The van der Waals surface area contributed by atoms with E-state index >= 15 is 0 Å². The molecule has 0 saturated carbocycles. The number of aromatic nitrogens is 1. The zero-order valence-corrected chi connectivity index (χ0v) is 15.5. The van der Waals surface area contributed by atoms with Crippen LogP contribution in [0, 0.1) is 32.7 Å². The molecule has 2 aromatic carbocycles. The van der Waals surface area contributed by atoms with Crippen LogP contribution in [0.4, 0.5) is 0 Å². The second-order valence-electron chi connectivity index (χ2n) is 7.30. The molecule has 0 amide bonds. The van der Waals surface area contributed by atoms with Gasteiger partial charge in [-0.15, -0.1) is 0 Å². The molecular formula is C23H24N2. The fourth-order valence-electron chi connectivity index (χ4n) is 3.67. The van der Waals surface area contributed by atoms with Gasteiger partial charge in [-0.1, -0.05) is 17.7 Å². The molecule has 0 aliphatic carbocycles. The van der Waals surface area contributed by atoms with Crippen molar-refractivity contribution in [3.05, 3.63) is 69.9 Å². The maximum absolute atomic E-state index is 3.44. The summed E-state index contributed by atoms with van der Waals surface area (Å²) < 4.78 is 2.22. The number of hydrogen-bond acceptors (Lipinski definition) is 1. The van der Waals surface area contributed by atoms with Crippen molar-refractivity contribution in [2.45, 2.75) is 33.7 Å². The van der Waals surface area contributed by atoms with Gasteiger partial charge in [0.05, 0.1) is 5.52 Å². The second kappa shape index (κ2) is 6.10. The molecule has 0 unspecified atom stereocenters. The van der Waals surface area contributed by atoms with Crippen molar-refractivity contribution in [1.29, 1.82) is 0 Å². The minimum atomic E-state index is 0.963. The van der Waals surface area contributed by atoms with E-state index in [0.717, 1.165) is 25.1 Å². The summed E-state index contributed by atoms with van der Waals surface area (Å²) in [6.07, 6.45) is 1.10. The zero-order chi connectivity index (χ0) is 17.6. The normalized spacial score (nSPS) is 14.2. The van der Waals surface area contributed by atoms with Gasteiger partial charge in [0.15, 0.2) is 0 Å². The fourth-order valence-corrected chi connectivity index (χ4v) is 3.67. The highest BCUT2D eigenvalue weighted by atomic mass is 15.1. The monoisotopic (exact) mass is 328 g/mol. The quantitative estimate of drug-likeness (QED) is 0.555. The lowest BCUT2D eigenvalue weighted by Gasteiger charge is -2.23. The highest BCUT2D eigenvalue weighted by Crippen LogP contribution is 2.30. The van der Waals surface area contributed by atoms with E-state index in [1.807, 2.05) is 0 Å². The lowest BCUT2D eigenvalue weighted by molar-refractivity contribution is 0.308. The van der Waals surface area contributed by atoms with Crippen LogP contribution in [0.25, 0.3) is 10.9 Å². The number of aryl methyl sites for hydroxylation is 3. The average Bonchev–Trinajstić information content (AvgIpc) is 2.88. The molecular weight excluding hydrogens is 304 g/mol. The molecule has 0 atom stereocenters. The summed E-state index contributed by atoms with van der Waals surface area (Å²) in [6.45, 7) is 8.53. The molecule has 0 radical (unpaired) electrons. The molecule has 2 heteroatoms. The van der Waals surface area contributed by atoms with Gasteiger partial charge in [0.1, 0.15) is 0 Å². The summed E-state index contributed by atoms with van der Waals surface area (Å²) in [4.78, 5) is 2.38. The maximum Gasteiger partial charge on any atom is 0.0618 e. The van der Waals surface area contributed by atoms with E-state index in [4.69, 9.17) is 0 Å². The SMILES string of the molecule is Cc1ccc2c(c1)c1c(n2C#Cc2ccc(C)c(C)c2)CN(C)CC1. The van der Waals surface area contributed by atoms with Gasteiger partial charge in [0, 0.05) is 35.8 Å². The van der Waals surface area contributed by atoms with Crippen LogP contribution in [0.5, 0.6) is 0 Å². The van der Waals surface area contributed by atoms with E-state index in [2.05, 4.69) is 85.6 Å². The van der Waals surface area contributed by atoms with Gasteiger partial charge in [0.2, 0.25) is 0 Å². The van der Waals surface area contributed by atoms with Crippen LogP contribution in [0.15, 0.2) is 36.4 Å². The van der Waals surface area contributed by atoms with Gasteiger partial charge < -0.3 is 4.90 Å². The summed E-state index contributed by atoms with van der Waals surface area (Å²) in [5, 5.41) is 1.37. The summed E-state index contributed by atoms with van der Waals surface area (Å²) in [5.41, 5.74) is 9.07. The van der Waals surface area contributed by atoms with Crippen molar-refractivity contribution in [3.63, 3.8) is 0 Å². The Morgan fingerprint density at radius 2 is 1.80 bits per heavy atom. The van der Waals surface area contributed by atoms with Crippen LogP contribution >= 0.6 is 0 Å². The number of likely N-dealkylation sites (N-methyl/N-ethyl adjacent to an activating group) is 1. The first-order chi connectivity index (χ1) is 12.0. The van der Waals surface area contributed by atoms with Crippen LogP contribution in [-0.2, 0) is 13.0 Å². The molecule has 1 aliphatic heterocycles. The molecule has 1 aromatic heterocycles. The first-order valence-electron chi connectivity index (χ1n) is 8.93. The van der Waals surface area contributed by atoms with Crippen molar-refractivity contribution >= 4 is 10.9 Å². The number of benzene rings is 2. The molecule has 2 nitrogen and oxygen atoms in total. The fraction of sp³-hybridized carbons (Fsp3) is 0.304. The zero-order valence-electron chi connectivity index (χ0n) is 15.5. The maximum atomic E-state index is 3.44. The third-order valence-electron chi connectivity index (χ3n) is 5.32. The van der Waals surface area contributed by atoms with E-state index in [-0.39, 0.29) is 0 Å². The third kappa shape index (κ3) is 2.86. The van der Waals surface area contributed by atoms with Crippen LogP contribution in [0.1, 0.15) is 33.5 Å². The molecule has 0 fully saturated rings. The lowest BCUT2D eigenvalue weighted by Crippen LogP contribution is -2.27. The Balaban J connectivity index is 1.88. The first kappa shape index (κ1) is 16.0. The Morgan fingerprint density at radius 1 is 0.960 bits per heavy atom. The van der Waals surface area contributed by atoms with Gasteiger partial charge in [-0.3, -0.25) is 4.57 Å². The highest BCUT2D eigenvalue weighted by molar-refractivity contribution is 5.87. The molecule has 1 aliphatic rings. The molecule has 126 valence electrons. The molecule has 3 aromatic rings. The number of hydrogen-bond donors (Lipinski definition) is 0. The molecule has 0 N–H and O–H groups in total. The third-order valence-corrected chi connectivity index (χ3v) is 5.32.